The Hall–Kier alpha value is -2.72. The Kier molecular flexibility index (Phi) is 5.74. The van der Waals surface area contributed by atoms with Crippen LogP contribution in [0.25, 0.3) is 22.4 Å². The van der Waals surface area contributed by atoms with Crippen LogP contribution in [0.1, 0.15) is 11.3 Å². The number of methoxy groups -OCH3 is 1. The summed E-state index contributed by atoms with van der Waals surface area (Å²) in [6.45, 7) is 1.30. The van der Waals surface area contributed by atoms with Gasteiger partial charge in [-0.15, -0.1) is 0 Å². The lowest BCUT2D eigenvalue weighted by molar-refractivity contribution is 0.0730. The van der Waals surface area contributed by atoms with E-state index in [0.29, 0.717) is 50.6 Å². The fraction of sp³-hybridized carbons (Fsp3) is 0.304. The second-order valence-corrected chi connectivity index (χ2v) is 10.3. The third-order valence-electron chi connectivity index (χ3n) is 5.99. The highest BCUT2D eigenvalue weighted by Gasteiger charge is 2.32. The largest absolute Gasteiger partial charge is 0.497 e. The van der Waals surface area contributed by atoms with Gasteiger partial charge in [0.15, 0.2) is 0 Å². The molecule has 1 aliphatic heterocycles. The number of aryl methyl sites for hydroxylation is 2. The van der Waals surface area contributed by atoms with Crippen LogP contribution in [0.3, 0.4) is 0 Å². The number of nitrogen functional groups attached to an aromatic ring is 1. The van der Waals surface area contributed by atoms with E-state index in [1.807, 2.05) is 24.3 Å². The predicted octanol–water partition coefficient (Wildman–Crippen LogP) is 3.17. The highest BCUT2D eigenvalue weighted by atomic mass is 35.5. The molecule has 2 aromatic carbocycles. The number of fused-ring (bicyclic) bond motifs is 3. The zero-order valence-electron chi connectivity index (χ0n) is 18.0. The highest BCUT2D eigenvalue weighted by molar-refractivity contribution is 7.89. The molecule has 2 N–H and O–H groups in total. The van der Waals surface area contributed by atoms with E-state index in [4.69, 9.17) is 26.8 Å². The molecule has 2 aliphatic rings. The van der Waals surface area contributed by atoms with E-state index in [9.17, 15) is 8.42 Å². The van der Waals surface area contributed by atoms with Crippen molar-refractivity contribution in [3.05, 3.63) is 52.7 Å². The lowest BCUT2D eigenvalue weighted by Gasteiger charge is -2.28. The molecule has 172 valence electrons. The van der Waals surface area contributed by atoms with Gasteiger partial charge in [-0.1, -0.05) is 23.7 Å². The van der Waals surface area contributed by atoms with Crippen LogP contribution in [0.15, 0.2) is 41.3 Å². The highest BCUT2D eigenvalue weighted by Crippen LogP contribution is 2.43. The van der Waals surface area contributed by atoms with Crippen molar-refractivity contribution in [3.8, 4) is 28.1 Å². The lowest BCUT2D eigenvalue weighted by Crippen LogP contribution is -2.40. The molecule has 0 amide bonds. The summed E-state index contributed by atoms with van der Waals surface area (Å²) in [6.07, 6.45) is 1.33. The molecule has 8 nitrogen and oxygen atoms in total. The second-order valence-electron chi connectivity index (χ2n) is 7.94. The molecule has 0 radical (unpaired) electrons. The maximum Gasteiger partial charge on any atom is 0.244 e. The van der Waals surface area contributed by atoms with E-state index in [1.54, 1.807) is 19.2 Å². The molecule has 1 aromatic heterocycles. The second kappa shape index (κ2) is 8.57. The summed E-state index contributed by atoms with van der Waals surface area (Å²) in [5, 5.41) is 0.211. The SMILES string of the molecule is COc1cccc(-c2nc(N)nc3c2-c2cc(S(=O)(=O)N4CCOCC4)c(Cl)cc2CC3)c1. The van der Waals surface area contributed by atoms with Gasteiger partial charge < -0.3 is 15.2 Å². The molecule has 1 saturated heterocycles. The first-order chi connectivity index (χ1) is 15.9. The number of aromatic nitrogens is 2. The summed E-state index contributed by atoms with van der Waals surface area (Å²) in [5.41, 5.74) is 10.7. The topological polar surface area (TPSA) is 108 Å². The molecule has 1 aliphatic carbocycles. The summed E-state index contributed by atoms with van der Waals surface area (Å²) in [4.78, 5) is 9.08. The number of anilines is 1. The molecule has 0 unspecified atom stereocenters. The Bertz CT molecular complexity index is 1340. The lowest BCUT2D eigenvalue weighted by atomic mass is 9.86. The van der Waals surface area contributed by atoms with Crippen LogP contribution in [-0.4, -0.2) is 56.1 Å². The number of morpholine rings is 1. The molecule has 2 heterocycles. The van der Waals surface area contributed by atoms with Crippen LogP contribution < -0.4 is 10.5 Å². The van der Waals surface area contributed by atoms with E-state index in [0.717, 1.165) is 27.9 Å². The van der Waals surface area contributed by atoms with Crippen LogP contribution in [0.5, 0.6) is 5.75 Å². The van der Waals surface area contributed by atoms with Crippen molar-refractivity contribution < 1.29 is 17.9 Å². The Morgan fingerprint density at radius 1 is 1.12 bits per heavy atom. The van der Waals surface area contributed by atoms with Crippen molar-refractivity contribution in [2.24, 2.45) is 0 Å². The number of benzene rings is 2. The molecule has 1 fully saturated rings. The van der Waals surface area contributed by atoms with E-state index in [1.165, 1.54) is 4.31 Å². The smallest absolute Gasteiger partial charge is 0.244 e. The van der Waals surface area contributed by atoms with Gasteiger partial charge in [0.25, 0.3) is 0 Å². The fourth-order valence-electron chi connectivity index (χ4n) is 4.38. The van der Waals surface area contributed by atoms with Gasteiger partial charge in [-0.05, 0) is 48.2 Å². The predicted molar refractivity (Wildman–Crippen MR) is 126 cm³/mol. The standard InChI is InChI=1S/C23H23ClN4O4S/c1-31-16-4-2-3-15(11-16)22-21-17-13-20(33(29,30)28-7-9-32-10-8-28)18(24)12-14(17)5-6-19(21)26-23(25)27-22/h2-4,11-13H,5-10H2,1H3,(H2,25,26,27). The van der Waals surface area contributed by atoms with E-state index >= 15 is 0 Å². The number of nitrogens with zero attached hydrogens (tertiary/aromatic N) is 3. The third kappa shape index (κ3) is 3.95. The first kappa shape index (κ1) is 22.1. The molecular formula is C23H23ClN4O4S. The van der Waals surface area contributed by atoms with E-state index < -0.39 is 10.0 Å². The van der Waals surface area contributed by atoms with E-state index in [-0.39, 0.29) is 15.9 Å². The van der Waals surface area contributed by atoms with Gasteiger partial charge in [0.2, 0.25) is 16.0 Å². The molecule has 10 heteroatoms. The minimum Gasteiger partial charge on any atom is -0.497 e. The Labute approximate surface area is 197 Å². The monoisotopic (exact) mass is 486 g/mol. The zero-order chi connectivity index (χ0) is 23.2. The number of sulfonamides is 1. The fourth-order valence-corrected chi connectivity index (χ4v) is 6.34. The Morgan fingerprint density at radius 3 is 2.67 bits per heavy atom. The van der Waals surface area contributed by atoms with Crippen molar-refractivity contribution >= 4 is 27.6 Å². The maximum atomic E-state index is 13.4. The van der Waals surface area contributed by atoms with Crippen molar-refractivity contribution in [1.82, 2.24) is 14.3 Å². The summed E-state index contributed by atoms with van der Waals surface area (Å²) >= 11 is 6.51. The van der Waals surface area contributed by atoms with Crippen LogP contribution in [0, 0.1) is 0 Å². The average Bonchev–Trinajstić information content (AvgIpc) is 2.83. The van der Waals surface area contributed by atoms with Crippen LogP contribution in [0.4, 0.5) is 5.95 Å². The number of hydrogen-bond donors (Lipinski definition) is 1. The van der Waals surface area contributed by atoms with E-state index in [2.05, 4.69) is 9.97 Å². The molecule has 3 aromatic rings. The van der Waals surface area contributed by atoms with Crippen molar-refractivity contribution in [3.63, 3.8) is 0 Å². The van der Waals surface area contributed by atoms with Gasteiger partial charge in [0.05, 0.1) is 36.7 Å². The summed E-state index contributed by atoms with van der Waals surface area (Å²) < 4.78 is 38.9. The van der Waals surface area contributed by atoms with Gasteiger partial charge >= 0.3 is 0 Å². The van der Waals surface area contributed by atoms with Crippen LogP contribution >= 0.6 is 11.6 Å². The molecule has 0 bridgehead atoms. The zero-order valence-corrected chi connectivity index (χ0v) is 19.6. The number of hydrogen-bond acceptors (Lipinski definition) is 7. The van der Waals surface area contributed by atoms with Crippen LogP contribution in [0.2, 0.25) is 5.02 Å². The Balaban J connectivity index is 1.71. The molecule has 0 spiro atoms. The summed E-state index contributed by atoms with van der Waals surface area (Å²) in [7, 11) is -2.19. The molecule has 0 saturated carbocycles. The quantitative estimate of drug-likeness (QED) is 0.603. The average molecular weight is 487 g/mol. The Morgan fingerprint density at radius 2 is 1.91 bits per heavy atom. The van der Waals surface area contributed by atoms with Gasteiger partial charge in [-0.25, -0.2) is 18.4 Å². The maximum absolute atomic E-state index is 13.4. The molecule has 5 rings (SSSR count). The van der Waals surface area contributed by atoms with Crippen molar-refractivity contribution in [2.75, 3.05) is 39.1 Å². The summed E-state index contributed by atoms with van der Waals surface area (Å²) in [5.74, 6) is 0.853. The number of halogens is 1. The van der Waals surface area contributed by atoms with Crippen molar-refractivity contribution in [1.29, 1.82) is 0 Å². The van der Waals surface area contributed by atoms with Gasteiger partial charge in [-0.2, -0.15) is 4.31 Å². The third-order valence-corrected chi connectivity index (χ3v) is 8.35. The molecule has 33 heavy (non-hydrogen) atoms. The molecule has 0 atom stereocenters. The summed E-state index contributed by atoms with van der Waals surface area (Å²) in [6, 6.07) is 10.9. The van der Waals surface area contributed by atoms with Gasteiger partial charge in [-0.3, -0.25) is 0 Å². The van der Waals surface area contributed by atoms with Crippen LogP contribution in [-0.2, 0) is 27.6 Å². The van der Waals surface area contributed by atoms with Gasteiger partial charge in [0, 0.05) is 24.2 Å². The number of ether oxygens (including phenoxy) is 2. The normalized spacial score (nSPS) is 16.2. The minimum absolute atomic E-state index is 0.0751. The van der Waals surface area contributed by atoms with Crippen molar-refractivity contribution in [2.45, 2.75) is 17.7 Å². The first-order valence-corrected chi connectivity index (χ1v) is 12.4. The first-order valence-electron chi connectivity index (χ1n) is 10.6. The number of rotatable bonds is 4. The van der Waals surface area contributed by atoms with Gasteiger partial charge in [0.1, 0.15) is 10.6 Å². The minimum atomic E-state index is -3.79. The number of nitrogens with two attached hydrogens (primary N) is 1. The molecular weight excluding hydrogens is 464 g/mol.